The van der Waals surface area contributed by atoms with Crippen molar-refractivity contribution in [3.63, 3.8) is 0 Å². The highest BCUT2D eigenvalue weighted by Crippen LogP contribution is 2.25. The molecule has 1 N–H and O–H groups in total. The number of carbonyl (C=O) groups excluding carboxylic acids is 3. The molecule has 0 spiro atoms. The first kappa shape index (κ1) is 20.2. The van der Waals surface area contributed by atoms with Crippen molar-refractivity contribution in [2.24, 2.45) is 5.92 Å². The van der Waals surface area contributed by atoms with Gasteiger partial charge in [-0.15, -0.1) is 0 Å². The number of ether oxygens (including phenoxy) is 1. The fourth-order valence-corrected chi connectivity index (χ4v) is 2.60. The van der Waals surface area contributed by atoms with Crippen molar-refractivity contribution < 1.29 is 19.1 Å². The molecule has 27 heavy (non-hydrogen) atoms. The molecule has 0 radical (unpaired) electrons. The zero-order valence-corrected chi connectivity index (χ0v) is 15.7. The molecule has 0 saturated heterocycles. The van der Waals surface area contributed by atoms with Gasteiger partial charge < -0.3 is 10.1 Å². The molecule has 1 atom stereocenters. The fraction of sp³-hybridized carbons (Fsp3) is 0.286. The van der Waals surface area contributed by atoms with E-state index in [4.69, 9.17) is 4.74 Å². The molecule has 2 aromatic rings. The number of hydrogen-bond acceptors (Lipinski definition) is 4. The second-order valence-corrected chi connectivity index (χ2v) is 6.43. The van der Waals surface area contributed by atoms with Gasteiger partial charge in [0.1, 0.15) is 6.04 Å². The van der Waals surface area contributed by atoms with E-state index in [9.17, 15) is 14.4 Å². The lowest BCUT2D eigenvalue weighted by molar-refractivity contribution is -0.152. The van der Waals surface area contributed by atoms with Gasteiger partial charge in [-0.2, -0.15) is 0 Å². The Hall–Kier alpha value is -3.15. The average molecular weight is 368 g/mol. The number of benzene rings is 2. The molecular formula is C21H24N2O4. The fourth-order valence-electron chi connectivity index (χ4n) is 2.60. The van der Waals surface area contributed by atoms with E-state index >= 15 is 0 Å². The lowest BCUT2D eigenvalue weighted by atomic mass is 10.0. The third kappa shape index (κ3) is 5.67. The third-order valence-electron chi connectivity index (χ3n) is 3.90. The summed E-state index contributed by atoms with van der Waals surface area (Å²) in [6, 6.07) is 17.5. The lowest BCUT2D eigenvalue weighted by Gasteiger charge is -2.24. The van der Waals surface area contributed by atoms with E-state index in [1.165, 1.54) is 11.8 Å². The van der Waals surface area contributed by atoms with Crippen LogP contribution >= 0.6 is 0 Å². The molecule has 0 aliphatic rings. The largest absolute Gasteiger partial charge is 0.454 e. The monoisotopic (exact) mass is 368 g/mol. The second-order valence-electron chi connectivity index (χ2n) is 6.43. The molecule has 0 aliphatic carbocycles. The molecule has 2 rings (SSSR count). The molecular weight excluding hydrogens is 344 g/mol. The first-order valence-electron chi connectivity index (χ1n) is 8.77. The first-order valence-corrected chi connectivity index (χ1v) is 8.77. The smallest absolute Gasteiger partial charge is 0.329 e. The normalized spacial score (nSPS) is 11.6. The topological polar surface area (TPSA) is 75.7 Å². The van der Waals surface area contributed by atoms with Gasteiger partial charge in [-0.3, -0.25) is 14.5 Å². The Kier molecular flexibility index (Phi) is 7.11. The number of nitrogens with zero attached hydrogens (tertiary/aromatic N) is 1. The Morgan fingerprint density at radius 1 is 0.926 bits per heavy atom. The van der Waals surface area contributed by atoms with Crippen LogP contribution in [0.15, 0.2) is 60.7 Å². The predicted molar refractivity (Wildman–Crippen MR) is 103 cm³/mol. The lowest BCUT2D eigenvalue weighted by Crippen LogP contribution is -2.45. The van der Waals surface area contributed by atoms with Gasteiger partial charge in [0.15, 0.2) is 6.61 Å². The highest BCUT2D eigenvalue weighted by molar-refractivity contribution is 6.02. The van der Waals surface area contributed by atoms with Crippen molar-refractivity contribution in [1.82, 2.24) is 5.32 Å². The van der Waals surface area contributed by atoms with Crippen LogP contribution in [0.2, 0.25) is 0 Å². The summed E-state index contributed by atoms with van der Waals surface area (Å²) in [5.74, 6) is -1.50. The van der Waals surface area contributed by atoms with Crippen molar-refractivity contribution >= 4 is 29.2 Å². The Balaban J connectivity index is 2.15. The van der Waals surface area contributed by atoms with Crippen LogP contribution in [-0.2, 0) is 19.1 Å². The van der Waals surface area contributed by atoms with Gasteiger partial charge in [-0.25, -0.2) is 4.79 Å². The van der Waals surface area contributed by atoms with Crippen LogP contribution in [0.4, 0.5) is 11.4 Å². The van der Waals surface area contributed by atoms with E-state index in [0.29, 0.717) is 11.4 Å². The minimum Gasteiger partial charge on any atom is -0.454 e. The summed E-state index contributed by atoms with van der Waals surface area (Å²) in [5, 5.41) is 2.56. The first-order chi connectivity index (χ1) is 12.9. The Morgan fingerprint density at radius 2 is 1.41 bits per heavy atom. The molecule has 0 unspecified atom stereocenters. The number of para-hydroxylation sites is 2. The summed E-state index contributed by atoms with van der Waals surface area (Å²) in [7, 11) is 0. The van der Waals surface area contributed by atoms with Crippen LogP contribution in [0.3, 0.4) is 0 Å². The average Bonchev–Trinajstić information content (AvgIpc) is 2.66. The molecule has 0 saturated carbocycles. The summed E-state index contributed by atoms with van der Waals surface area (Å²) < 4.78 is 5.21. The number of esters is 1. The van der Waals surface area contributed by atoms with Gasteiger partial charge in [0, 0.05) is 18.3 Å². The van der Waals surface area contributed by atoms with Crippen molar-refractivity contribution in [1.29, 1.82) is 0 Å². The second kappa shape index (κ2) is 9.52. The van der Waals surface area contributed by atoms with E-state index in [1.54, 1.807) is 38.1 Å². The van der Waals surface area contributed by atoms with Crippen molar-refractivity contribution in [3.05, 3.63) is 60.7 Å². The minimum absolute atomic E-state index is 0.157. The van der Waals surface area contributed by atoms with Gasteiger partial charge in [0.25, 0.3) is 5.91 Å². The maximum Gasteiger partial charge on any atom is 0.329 e. The molecule has 0 aliphatic heterocycles. The van der Waals surface area contributed by atoms with E-state index in [-0.39, 0.29) is 17.7 Å². The minimum atomic E-state index is -0.794. The summed E-state index contributed by atoms with van der Waals surface area (Å²) in [5.41, 5.74) is 1.35. The van der Waals surface area contributed by atoms with Crippen LogP contribution in [-0.4, -0.2) is 30.4 Å². The number of amides is 2. The van der Waals surface area contributed by atoms with Crippen molar-refractivity contribution in [2.75, 3.05) is 11.5 Å². The standard InChI is InChI=1S/C21H24N2O4/c1-15(2)20(22-16(3)24)21(26)27-14-19(25)23(17-10-6-4-7-11-17)18-12-8-5-9-13-18/h4-13,15,20H,14H2,1-3H3,(H,22,24)/t20-/m1/s1. The van der Waals surface area contributed by atoms with Crippen molar-refractivity contribution in [2.45, 2.75) is 26.8 Å². The molecule has 0 heterocycles. The highest BCUT2D eigenvalue weighted by Gasteiger charge is 2.26. The van der Waals surface area contributed by atoms with E-state index in [0.717, 1.165) is 0 Å². The summed E-state index contributed by atoms with van der Waals surface area (Å²) in [4.78, 5) is 37.9. The van der Waals surface area contributed by atoms with Crippen LogP contribution in [0, 0.1) is 5.92 Å². The van der Waals surface area contributed by atoms with Crippen LogP contribution in [0.25, 0.3) is 0 Å². The zero-order chi connectivity index (χ0) is 19.8. The summed E-state index contributed by atoms with van der Waals surface area (Å²) in [6.07, 6.45) is 0. The maximum atomic E-state index is 12.8. The number of rotatable bonds is 7. The zero-order valence-electron chi connectivity index (χ0n) is 15.7. The van der Waals surface area contributed by atoms with Gasteiger partial charge in [-0.1, -0.05) is 50.2 Å². The molecule has 6 heteroatoms. The Morgan fingerprint density at radius 3 is 1.81 bits per heavy atom. The SMILES string of the molecule is CC(=O)N[C@@H](C(=O)OCC(=O)N(c1ccccc1)c1ccccc1)C(C)C. The third-order valence-corrected chi connectivity index (χ3v) is 3.90. The Labute approximate surface area is 159 Å². The molecule has 2 aromatic carbocycles. The van der Waals surface area contributed by atoms with E-state index in [1.807, 2.05) is 36.4 Å². The molecule has 0 fully saturated rings. The molecule has 0 aromatic heterocycles. The molecule has 2 amide bonds. The quantitative estimate of drug-likeness (QED) is 0.762. The van der Waals surface area contributed by atoms with E-state index < -0.39 is 18.6 Å². The van der Waals surface area contributed by atoms with Gasteiger partial charge in [0.2, 0.25) is 5.91 Å². The van der Waals surface area contributed by atoms with Crippen LogP contribution < -0.4 is 10.2 Å². The molecule has 142 valence electrons. The number of anilines is 2. The molecule has 6 nitrogen and oxygen atoms in total. The number of nitrogens with one attached hydrogen (secondary N) is 1. The molecule has 0 bridgehead atoms. The number of hydrogen-bond donors (Lipinski definition) is 1. The summed E-state index contributed by atoms with van der Waals surface area (Å²) >= 11 is 0. The van der Waals surface area contributed by atoms with Gasteiger partial charge in [-0.05, 0) is 30.2 Å². The Bertz CT molecular complexity index is 736. The predicted octanol–water partition coefficient (Wildman–Crippen LogP) is 3.06. The number of carbonyl (C=O) groups is 3. The van der Waals surface area contributed by atoms with Gasteiger partial charge in [0.05, 0.1) is 0 Å². The van der Waals surface area contributed by atoms with Crippen molar-refractivity contribution in [3.8, 4) is 0 Å². The van der Waals surface area contributed by atoms with Crippen LogP contribution in [0.5, 0.6) is 0 Å². The van der Waals surface area contributed by atoms with Crippen LogP contribution in [0.1, 0.15) is 20.8 Å². The van der Waals surface area contributed by atoms with Gasteiger partial charge >= 0.3 is 5.97 Å². The van der Waals surface area contributed by atoms with E-state index in [2.05, 4.69) is 5.32 Å². The maximum absolute atomic E-state index is 12.8. The highest BCUT2D eigenvalue weighted by atomic mass is 16.5. The summed E-state index contributed by atoms with van der Waals surface area (Å²) in [6.45, 7) is 4.50.